The van der Waals surface area contributed by atoms with Crippen molar-refractivity contribution in [3.05, 3.63) is 27.0 Å². The molecule has 0 saturated carbocycles. The molecule has 1 fully saturated rings. The lowest BCUT2D eigenvalue weighted by molar-refractivity contribution is -0.0552. The Morgan fingerprint density at radius 1 is 1.32 bits per heavy atom. The zero-order valence-electron chi connectivity index (χ0n) is 10.8. The van der Waals surface area contributed by atoms with Crippen LogP contribution in [0.25, 0.3) is 0 Å². The zero-order chi connectivity index (χ0) is 16.7. The van der Waals surface area contributed by atoms with Gasteiger partial charge in [0.2, 0.25) is 5.75 Å². The van der Waals surface area contributed by atoms with Gasteiger partial charge in [0.25, 0.3) is 5.56 Å². The van der Waals surface area contributed by atoms with Crippen molar-refractivity contribution in [3.63, 3.8) is 0 Å². The smallest absolute Gasteiger partial charge is 0.397 e. The average Bonchev–Trinajstić information content (AvgIpc) is 2.68. The maximum Gasteiger partial charge on any atom is 0.525 e. The zero-order valence-corrected chi connectivity index (χ0v) is 11.7. The molecule has 0 unspecified atom stereocenters. The van der Waals surface area contributed by atoms with Crippen molar-refractivity contribution in [1.82, 2.24) is 9.55 Å². The average molecular weight is 340 g/mol. The number of ether oxygens (including phenoxy) is 1. The molecule has 4 atom stereocenters. The van der Waals surface area contributed by atoms with Crippen LogP contribution >= 0.6 is 7.82 Å². The highest BCUT2D eigenvalue weighted by Gasteiger charge is 2.44. The van der Waals surface area contributed by atoms with Crippen LogP contribution in [-0.4, -0.2) is 59.6 Å². The number of aromatic nitrogens is 2. The molecular weight excluding hydrogens is 327 g/mol. The summed E-state index contributed by atoms with van der Waals surface area (Å²) in [7, 11) is -5.05. The summed E-state index contributed by atoms with van der Waals surface area (Å²) in [5.41, 5.74) is -2.27. The molecule has 13 heteroatoms. The van der Waals surface area contributed by atoms with E-state index in [2.05, 4.69) is 4.52 Å². The molecule has 0 amide bonds. The Bertz CT molecular complexity index is 707. The van der Waals surface area contributed by atoms with Gasteiger partial charge in [-0.1, -0.05) is 0 Å². The van der Waals surface area contributed by atoms with Gasteiger partial charge in [0.05, 0.1) is 12.8 Å². The molecule has 0 bridgehead atoms. The number of nitrogens with zero attached hydrogens (tertiary/aromatic N) is 1. The first-order valence-corrected chi connectivity index (χ1v) is 7.40. The largest absolute Gasteiger partial charge is 0.525 e. The Morgan fingerprint density at radius 3 is 2.45 bits per heavy atom. The van der Waals surface area contributed by atoms with E-state index in [1.54, 1.807) is 4.98 Å². The number of rotatable bonds is 4. The van der Waals surface area contributed by atoms with Gasteiger partial charge in [-0.15, -0.1) is 0 Å². The van der Waals surface area contributed by atoms with E-state index in [1.807, 2.05) is 0 Å². The molecule has 0 radical (unpaired) electrons. The van der Waals surface area contributed by atoms with Crippen LogP contribution in [0.2, 0.25) is 0 Å². The minimum absolute atomic E-state index is 0.579. The highest BCUT2D eigenvalue weighted by molar-refractivity contribution is 7.46. The second-order valence-electron chi connectivity index (χ2n) is 4.47. The van der Waals surface area contributed by atoms with E-state index < -0.39 is 56.0 Å². The van der Waals surface area contributed by atoms with E-state index in [4.69, 9.17) is 19.6 Å². The Morgan fingerprint density at radius 2 is 1.95 bits per heavy atom. The molecule has 2 heterocycles. The molecule has 124 valence electrons. The van der Waals surface area contributed by atoms with Gasteiger partial charge in [-0.05, 0) is 0 Å². The minimum Gasteiger partial charge on any atom is -0.397 e. The molecule has 0 aromatic carbocycles. The molecule has 1 aromatic heterocycles. The summed E-state index contributed by atoms with van der Waals surface area (Å²) in [5.74, 6) is -0.884. The van der Waals surface area contributed by atoms with Crippen LogP contribution in [0.5, 0.6) is 5.75 Å². The van der Waals surface area contributed by atoms with Crippen LogP contribution in [-0.2, 0) is 9.30 Å². The Labute approximate surface area is 121 Å². The second kappa shape index (κ2) is 5.93. The number of aromatic amines is 1. The van der Waals surface area contributed by atoms with Crippen molar-refractivity contribution in [2.45, 2.75) is 24.5 Å². The van der Waals surface area contributed by atoms with Crippen molar-refractivity contribution in [3.8, 4) is 5.75 Å². The van der Waals surface area contributed by atoms with Crippen LogP contribution in [0.15, 0.2) is 15.8 Å². The minimum atomic E-state index is -5.05. The maximum atomic E-state index is 11.7. The predicted molar refractivity (Wildman–Crippen MR) is 67.0 cm³/mol. The van der Waals surface area contributed by atoms with Crippen molar-refractivity contribution in [2.24, 2.45) is 0 Å². The van der Waals surface area contributed by atoms with Gasteiger partial charge in [0, 0.05) is 0 Å². The molecule has 0 aliphatic carbocycles. The van der Waals surface area contributed by atoms with Crippen LogP contribution in [0.1, 0.15) is 6.23 Å². The summed E-state index contributed by atoms with van der Waals surface area (Å²) in [6.07, 6.45) is -5.16. The Balaban J connectivity index is 2.44. The molecule has 1 aliphatic heterocycles. The molecule has 2 rings (SSSR count). The lowest BCUT2D eigenvalue weighted by Crippen LogP contribution is -2.38. The summed E-state index contributed by atoms with van der Waals surface area (Å²) in [5, 5.41) is 28.4. The van der Waals surface area contributed by atoms with E-state index in [1.165, 1.54) is 0 Å². The summed E-state index contributed by atoms with van der Waals surface area (Å²) in [4.78, 5) is 42.2. The number of hydrogen-bond donors (Lipinski definition) is 6. The normalized spacial score (nSPS) is 28.8. The van der Waals surface area contributed by atoms with Crippen LogP contribution in [0.3, 0.4) is 0 Å². The topological polar surface area (TPSA) is 192 Å². The molecule has 22 heavy (non-hydrogen) atoms. The lowest BCUT2D eigenvalue weighted by atomic mass is 10.1. The fourth-order valence-corrected chi connectivity index (χ4v) is 2.35. The van der Waals surface area contributed by atoms with Gasteiger partial charge in [-0.25, -0.2) is 9.36 Å². The van der Waals surface area contributed by atoms with Gasteiger partial charge >= 0.3 is 13.5 Å². The molecule has 6 N–H and O–H groups in total. The lowest BCUT2D eigenvalue weighted by Gasteiger charge is -2.18. The highest BCUT2D eigenvalue weighted by Crippen LogP contribution is 2.36. The molecule has 1 saturated heterocycles. The predicted octanol–water partition coefficient (Wildman–Crippen LogP) is -3.38. The highest BCUT2D eigenvalue weighted by atomic mass is 31.2. The maximum absolute atomic E-state index is 11.7. The van der Waals surface area contributed by atoms with Crippen molar-refractivity contribution < 1.29 is 38.9 Å². The van der Waals surface area contributed by atoms with Gasteiger partial charge in [-0.3, -0.25) is 24.1 Å². The third-order valence-corrected chi connectivity index (χ3v) is 3.38. The summed E-state index contributed by atoms with van der Waals surface area (Å²) < 4.78 is 20.5. The Kier molecular flexibility index (Phi) is 4.54. The number of phosphoric acid groups is 1. The Hall–Kier alpha value is -1.53. The number of phosphoric ester groups is 1. The third-order valence-electron chi connectivity index (χ3n) is 2.94. The fourth-order valence-electron chi connectivity index (χ4n) is 1.96. The number of nitrogens with one attached hydrogen (secondary N) is 1. The fraction of sp³-hybridized carbons (Fsp3) is 0.556. The summed E-state index contributed by atoms with van der Waals surface area (Å²) in [6, 6.07) is 0. The first kappa shape index (κ1) is 16.8. The van der Waals surface area contributed by atoms with Crippen LogP contribution in [0, 0.1) is 0 Å². The van der Waals surface area contributed by atoms with Gasteiger partial charge in [0.15, 0.2) is 6.23 Å². The summed E-state index contributed by atoms with van der Waals surface area (Å²) in [6.45, 7) is -0.640. The summed E-state index contributed by atoms with van der Waals surface area (Å²) >= 11 is 0. The van der Waals surface area contributed by atoms with E-state index in [9.17, 15) is 24.4 Å². The van der Waals surface area contributed by atoms with Crippen molar-refractivity contribution in [1.29, 1.82) is 0 Å². The number of aliphatic hydroxyl groups is 3. The number of H-pyrrole nitrogens is 1. The van der Waals surface area contributed by atoms with E-state index in [0.717, 1.165) is 0 Å². The van der Waals surface area contributed by atoms with E-state index >= 15 is 0 Å². The monoisotopic (exact) mass is 340 g/mol. The standard InChI is InChI=1S/C9H13N2O10P/c12-2-4-5(13)6(14)8(20-4)11-1-3(21-22(17,18)19)7(15)10-9(11)16/h1,4-6,8,12-14H,2H2,(H,10,15,16)(H2,17,18,19)/t4-,5+,6-,8-/m1/s1. The molecule has 12 nitrogen and oxygen atoms in total. The molecule has 0 spiro atoms. The van der Waals surface area contributed by atoms with Crippen molar-refractivity contribution >= 4 is 7.82 Å². The molecule has 1 aromatic rings. The van der Waals surface area contributed by atoms with Crippen LogP contribution < -0.4 is 15.8 Å². The van der Waals surface area contributed by atoms with E-state index in [-0.39, 0.29) is 0 Å². The van der Waals surface area contributed by atoms with Gasteiger partial charge in [-0.2, -0.15) is 0 Å². The van der Waals surface area contributed by atoms with Crippen LogP contribution in [0.4, 0.5) is 0 Å². The third kappa shape index (κ3) is 3.28. The quantitative estimate of drug-likeness (QED) is 0.301. The molecule has 1 aliphatic rings. The number of aliphatic hydroxyl groups excluding tert-OH is 3. The first-order chi connectivity index (χ1) is 10.1. The van der Waals surface area contributed by atoms with Gasteiger partial charge < -0.3 is 24.6 Å². The second-order valence-corrected chi connectivity index (χ2v) is 5.63. The number of hydrogen-bond acceptors (Lipinski definition) is 8. The first-order valence-electron chi connectivity index (χ1n) is 5.87. The SMILES string of the molecule is O=c1[nH]c(=O)n([C@@H]2O[C@H](CO)[C@H](O)[C@H]2O)cc1OP(=O)(O)O. The van der Waals surface area contributed by atoms with E-state index in [0.29, 0.717) is 10.8 Å². The van der Waals surface area contributed by atoms with Crippen molar-refractivity contribution in [2.75, 3.05) is 6.61 Å². The van der Waals surface area contributed by atoms with Gasteiger partial charge in [0.1, 0.15) is 18.3 Å². The molecular formula is C9H13N2O10P.